The van der Waals surface area contributed by atoms with Crippen molar-refractivity contribution in [3.8, 4) is 0 Å². The van der Waals surface area contributed by atoms with Crippen molar-refractivity contribution < 1.29 is 19.4 Å². The summed E-state index contributed by atoms with van der Waals surface area (Å²) in [5, 5.41) is 11.1. The lowest BCUT2D eigenvalue weighted by Crippen LogP contribution is -2.58. The zero-order valence-electron chi connectivity index (χ0n) is 17.9. The average Bonchev–Trinajstić information content (AvgIpc) is 3.19. The zero-order valence-corrected chi connectivity index (χ0v) is 17.9. The van der Waals surface area contributed by atoms with E-state index >= 15 is 0 Å². The Kier molecular flexibility index (Phi) is 6.67. The molecule has 0 spiro atoms. The molecule has 2 aromatic rings. The molecule has 2 fully saturated rings. The number of likely N-dealkylation sites (N-methyl/N-ethyl adjacent to an activating group) is 1. The molecule has 2 aliphatic rings. The number of benzene rings is 1. The number of aliphatic hydroxyl groups is 1. The smallest absolute Gasteiger partial charge is 0.254 e. The number of aliphatic hydroxyl groups excluding tert-OH is 1. The lowest BCUT2D eigenvalue weighted by molar-refractivity contribution is -0.0613. The first kappa shape index (κ1) is 21.2. The van der Waals surface area contributed by atoms with Gasteiger partial charge in [-0.05, 0) is 37.5 Å². The van der Waals surface area contributed by atoms with Crippen LogP contribution in [0.2, 0.25) is 0 Å². The van der Waals surface area contributed by atoms with Gasteiger partial charge in [-0.1, -0.05) is 0 Å². The first-order valence-corrected chi connectivity index (χ1v) is 10.8. The van der Waals surface area contributed by atoms with E-state index in [0.29, 0.717) is 25.4 Å². The summed E-state index contributed by atoms with van der Waals surface area (Å²) >= 11 is 0. The Bertz CT molecular complexity index is 864. The fraction of sp³-hybridized carbons (Fsp3) is 0.636. The van der Waals surface area contributed by atoms with Crippen LogP contribution in [-0.4, -0.2) is 95.6 Å². The van der Waals surface area contributed by atoms with E-state index in [9.17, 15) is 9.90 Å². The Balaban J connectivity index is 1.48. The maximum atomic E-state index is 13.2. The Morgan fingerprint density at radius 1 is 1.33 bits per heavy atom. The number of aromatic nitrogens is 2. The second-order valence-electron chi connectivity index (χ2n) is 8.25. The van der Waals surface area contributed by atoms with Crippen molar-refractivity contribution in [3.63, 3.8) is 0 Å². The second-order valence-corrected chi connectivity index (χ2v) is 8.25. The van der Waals surface area contributed by atoms with Crippen molar-refractivity contribution in [2.24, 2.45) is 0 Å². The Labute approximate surface area is 177 Å². The van der Waals surface area contributed by atoms with Gasteiger partial charge in [0.05, 0.1) is 49.3 Å². The number of hydrogen-bond donors (Lipinski definition) is 1. The number of rotatable bonds is 6. The first-order valence-electron chi connectivity index (χ1n) is 10.8. The van der Waals surface area contributed by atoms with Crippen molar-refractivity contribution in [3.05, 3.63) is 30.1 Å². The summed E-state index contributed by atoms with van der Waals surface area (Å²) in [5.41, 5.74) is 2.37. The number of ether oxygens (including phenoxy) is 2. The van der Waals surface area contributed by atoms with Crippen LogP contribution in [0.4, 0.5) is 0 Å². The molecule has 8 heteroatoms. The maximum absolute atomic E-state index is 13.2. The number of hydrogen-bond acceptors (Lipinski definition) is 6. The summed E-state index contributed by atoms with van der Waals surface area (Å²) in [6.45, 7) is 4.43. The molecule has 3 atom stereocenters. The molecule has 4 rings (SSSR count). The molecule has 1 saturated heterocycles. The maximum Gasteiger partial charge on any atom is 0.254 e. The second kappa shape index (κ2) is 9.43. The molecule has 8 nitrogen and oxygen atoms in total. The van der Waals surface area contributed by atoms with E-state index in [0.717, 1.165) is 49.9 Å². The molecular weight excluding hydrogens is 384 g/mol. The van der Waals surface area contributed by atoms with E-state index in [1.165, 1.54) is 0 Å². The predicted octanol–water partition coefficient (Wildman–Crippen LogP) is 1.37. The number of amides is 1. The van der Waals surface area contributed by atoms with Crippen LogP contribution in [0.3, 0.4) is 0 Å². The van der Waals surface area contributed by atoms with Gasteiger partial charge in [0.15, 0.2) is 0 Å². The highest BCUT2D eigenvalue weighted by Crippen LogP contribution is 2.28. The number of carbonyl (C=O) groups excluding carboxylic acids is 1. The third-order valence-corrected chi connectivity index (χ3v) is 6.53. The van der Waals surface area contributed by atoms with Crippen LogP contribution in [0.5, 0.6) is 0 Å². The molecule has 1 aromatic heterocycles. The van der Waals surface area contributed by atoms with Crippen LogP contribution in [0, 0.1) is 0 Å². The third-order valence-electron chi connectivity index (χ3n) is 6.53. The van der Waals surface area contributed by atoms with Crippen molar-refractivity contribution >= 4 is 16.9 Å². The van der Waals surface area contributed by atoms with Gasteiger partial charge in [0.25, 0.3) is 5.91 Å². The monoisotopic (exact) mass is 416 g/mol. The number of methoxy groups -OCH3 is 1. The molecule has 164 valence electrons. The Morgan fingerprint density at radius 3 is 2.90 bits per heavy atom. The predicted molar refractivity (Wildman–Crippen MR) is 114 cm³/mol. The van der Waals surface area contributed by atoms with Gasteiger partial charge in [-0.15, -0.1) is 0 Å². The SMILES string of the molecule is COCCn1cnc2cc(C(=O)N(C)[C@@H]3CCC[C@@H](N4CCOCC4)[C@@H]3O)ccc21. The summed E-state index contributed by atoms with van der Waals surface area (Å²) < 4.78 is 12.6. The van der Waals surface area contributed by atoms with E-state index in [4.69, 9.17) is 9.47 Å². The average molecular weight is 417 g/mol. The summed E-state index contributed by atoms with van der Waals surface area (Å²) in [6, 6.07) is 5.52. The van der Waals surface area contributed by atoms with Crippen LogP contribution in [-0.2, 0) is 16.0 Å². The van der Waals surface area contributed by atoms with Crippen molar-refractivity contribution in [1.82, 2.24) is 19.4 Å². The van der Waals surface area contributed by atoms with Gasteiger partial charge >= 0.3 is 0 Å². The summed E-state index contributed by atoms with van der Waals surface area (Å²) in [6.07, 6.45) is 4.01. The molecule has 0 bridgehead atoms. The van der Waals surface area contributed by atoms with E-state index in [-0.39, 0.29) is 18.0 Å². The van der Waals surface area contributed by atoms with Gasteiger partial charge < -0.3 is 24.0 Å². The number of fused-ring (bicyclic) bond motifs is 1. The van der Waals surface area contributed by atoms with E-state index < -0.39 is 6.10 Å². The molecule has 1 aliphatic heterocycles. The number of morpholine rings is 1. The van der Waals surface area contributed by atoms with Crippen LogP contribution >= 0.6 is 0 Å². The number of nitrogens with zero attached hydrogens (tertiary/aromatic N) is 4. The third kappa shape index (κ3) is 4.23. The first-order chi connectivity index (χ1) is 14.6. The standard InChI is InChI=1S/C22H32N4O4/c1-24(19-4-3-5-20(21(19)27)25-9-12-30-13-10-25)22(28)16-6-7-18-17(14-16)23-15-26(18)8-11-29-2/h6-7,14-15,19-21,27H,3-5,8-13H2,1-2H3/t19-,20-,21-/m1/s1. The minimum atomic E-state index is -0.553. The number of imidazole rings is 1. The topological polar surface area (TPSA) is 80.1 Å². The zero-order chi connectivity index (χ0) is 21.1. The van der Waals surface area contributed by atoms with Gasteiger partial charge in [-0.3, -0.25) is 9.69 Å². The van der Waals surface area contributed by atoms with Gasteiger partial charge in [0.2, 0.25) is 0 Å². The van der Waals surface area contributed by atoms with E-state index in [1.807, 2.05) is 22.8 Å². The van der Waals surface area contributed by atoms with Gasteiger partial charge in [-0.2, -0.15) is 0 Å². The summed E-state index contributed by atoms with van der Waals surface area (Å²) in [4.78, 5) is 21.7. The van der Waals surface area contributed by atoms with Crippen LogP contribution in [0.15, 0.2) is 24.5 Å². The highest BCUT2D eigenvalue weighted by molar-refractivity contribution is 5.97. The molecule has 1 aliphatic carbocycles. The Morgan fingerprint density at radius 2 is 2.13 bits per heavy atom. The molecule has 0 radical (unpaired) electrons. The quantitative estimate of drug-likeness (QED) is 0.766. The normalized spacial score (nSPS) is 25.5. The van der Waals surface area contributed by atoms with Gasteiger partial charge in [0, 0.05) is 45.4 Å². The highest BCUT2D eigenvalue weighted by Gasteiger charge is 2.39. The molecule has 1 saturated carbocycles. The minimum absolute atomic E-state index is 0.0741. The number of carbonyl (C=O) groups is 1. The van der Waals surface area contributed by atoms with Crippen molar-refractivity contribution in [2.75, 3.05) is 47.1 Å². The highest BCUT2D eigenvalue weighted by atomic mass is 16.5. The van der Waals surface area contributed by atoms with E-state index in [1.54, 1.807) is 25.4 Å². The molecule has 1 N–H and O–H groups in total. The molecule has 1 aromatic carbocycles. The van der Waals surface area contributed by atoms with Gasteiger partial charge in [-0.25, -0.2) is 4.98 Å². The molecular formula is C22H32N4O4. The van der Waals surface area contributed by atoms with Crippen molar-refractivity contribution in [2.45, 2.75) is 44.0 Å². The fourth-order valence-electron chi connectivity index (χ4n) is 4.78. The minimum Gasteiger partial charge on any atom is -0.389 e. The largest absolute Gasteiger partial charge is 0.389 e. The molecule has 1 amide bonds. The van der Waals surface area contributed by atoms with Gasteiger partial charge in [0.1, 0.15) is 0 Å². The lowest BCUT2D eigenvalue weighted by atomic mass is 9.86. The fourth-order valence-corrected chi connectivity index (χ4v) is 4.78. The Hall–Kier alpha value is -2.00. The van der Waals surface area contributed by atoms with Crippen LogP contribution in [0.1, 0.15) is 29.6 Å². The molecule has 0 unspecified atom stereocenters. The molecule has 30 heavy (non-hydrogen) atoms. The van der Waals surface area contributed by atoms with Crippen LogP contribution < -0.4 is 0 Å². The molecule has 2 heterocycles. The van der Waals surface area contributed by atoms with Crippen molar-refractivity contribution in [1.29, 1.82) is 0 Å². The van der Waals surface area contributed by atoms with E-state index in [2.05, 4.69) is 9.88 Å². The van der Waals surface area contributed by atoms with Crippen LogP contribution in [0.25, 0.3) is 11.0 Å². The summed E-state index contributed by atoms with van der Waals surface area (Å²) in [5.74, 6) is -0.0741. The lowest BCUT2D eigenvalue weighted by Gasteiger charge is -2.45. The summed E-state index contributed by atoms with van der Waals surface area (Å²) in [7, 11) is 3.48.